The largest absolute Gasteiger partial charge is 0.322 e. The molecule has 0 radical (unpaired) electrons. The number of nitrogens with zero attached hydrogens (tertiary/aromatic N) is 3. The van der Waals surface area contributed by atoms with Gasteiger partial charge in [-0.05, 0) is 68.3 Å². The normalized spacial score (nSPS) is 15.1. The minimum atomic E-state index is -3.94. The Bertz CT molecular complexity index is 1500. The molecule has 2 heterocycles. The lowest BCUT2D eigenvalue weighted by Gasteiger charge is -2.21. The Hall–Kier alpha value is -3.06. The molecule has 1 saturated heterocycles. The van der Waals surface area contributed by atoms with Crippen LogP contribution < -0.4 is 10.0 Å². The first-order valence-corrected chi connectivity index (χ1v) is 14.9. The van der Waals surface area contributed by atoms with Gasteiger partial charge in [-0.1, -0.05) is 24.4 Å². The maximum atomic E-state index is 13.2. The van der Waals surface area contributed by atoms with Crippen LogP contribution in [0.3, 0.4) is 0 Å². The molecule has 3 aromatic rings. The second-order valence-corrected chi connectivity index (χ2v) is 12.6. The van der Waals surface area contributed by atoms with Gasteiger partial charge in [0.25, 0.3) is 15.9 Å². The molecule has 1 fully saturated rings. The summed E-state index contributed by atoms with van der Waals surface area (Å²) in [5.74, 6) is -0.614. The van der Waals surface area contributed by atoms with Crippen LogP contribution >= 0.6 is 11.6 Å². The number of anilines is 2. The summed E-state index contributed by atoms with van der Waals surface area (Å²) in [6.07, 6.45) is 4.93. The summed E-state index contributed by atoms with van der Waals surface area (Å²) in [5.41, 5.74) is 1.03. The highest BCUT2D eigenvalue weighted by Gasteiger charge is 2.28. The summed E-state index contributed by atoms with van der Waals surface area (Å²) in [4.78, 5) is 20.6. The van der Waals surface area contributed by atoms with Crippen molar-refractivity contribution < 1.29 is 21.6 Å². The zero-order valence-electron chi connectivity index (χ0n) is 20.0. The molecule has 196 valence electrons. The number of hydrogen-bond acceptors (Lipinski definition) is 7. The van der Waals surface area contributed by atoms with Crippen molar-refractivity contribution in [2.75, 3.05) is 23.1 Å². The molecule has 13 heteroatoms. The zero-order chi connectivity index (χ0) is 26.6. The average Bonchev–Trinajstić information content (AvgIpc) is 3.15. The molecule has 2 N–H and O–H groups in total. The fourth-order valence-corrected chi connectivity index (χ4v) is 6.83. The van der Waals surface area contributed by atoms with E-state index in [4.69, 9.17) is 11.6 Å². The van der Waals surface area contributed by atoms with Crippen LogP contribution in [0.4, 0.5) is 11.6 Å². The lowest BCUT2D eigenvalue weighted by atomic mass is 10.2. The van der Waals surface area contributed by atoms with Crippen LogP contribution in [0.2, 0.25) is 5.02 Å². The number of sulfonamides is 2. The molecule has 0 unspecified atom stereocenters. The van der Waals surface area contributed by atoms with E-state index in [0.717, 1.165) is 25.7 Å². The van der Waals surface area contributed by atoms with E-state index < -0.39 is 26.0 Å². The summed E-state index contributed by atoms with van der Waals surface area (Å²) in [6, 6.07) is 11.2. The minimum Gasteiger partial charge on any atom is -0.322 e. The summed E-state index contributed by atoms with van der Waals surface area (Å²) in [5, 5.41) is 2.69. The van der Waals surface area contributed by atoms with Crippen LogP contribution in [0, 0.1) is 6.92 Å². The van der Waals surface area contributed by atoms with Crippen molar-refractivity contribution >= 4 is 49.2 Å². The van der Waals surface area contributed by atoms with Gasteiger partial charge in [0.05, 0.1) is 9.92 Å². The van der Waals surface area contributed by atoms with Crippen molar-refractivity contribution in [2.45, 2.75) is 42.4 Å². The predicted octanol–water partition coefficient (Wildman–Crippen LogP) is 4.06. The first-order chi connectivity index (χ1) is 17.6. The highest BCUT2D eigenvalue weighted by atomic mass is 35.5. The van der Waals surface area contributed by atoms with Gasteiger partial charge >= 0.3 is 0 Å². The van der Waals surface area contributed by atoms with Crippen LogP contribution in [-0.2, 0) is 20.0 Å². The molecule has 1 aromatic heterocycles. The highest BCUT2D eigenvalue weighted by molar-refractivity contribution is 7.92. The number of rotatable bonds is 7. The van der Waals surface area contributed by atoms with Crippen molar-refractivity contribution in [3.63, 3.8) is 0 Å². The van der Waals surface area contributed by atoms with Crippen LogP contribution in [0.25, 0.3) is 0 Å². The molecule has 0 atom stereocenters. The molecule has 0 spiro atoms. The SMILES string of the molecule is Cc1ccnc(NS(=O)(=O)c2ccc(NC(=O)c3ccc(Cl)c(S(=O)(=O)N4CCCCCC4)c3)cc2)n1. The Labute approximate surface area is 221 Å². The number of hydrogen-bond donors (Lipinski definition) is 2. The number of carbonyl (C=O) groups excluding carboxylic acids is 1. The Morgan fingerprint density at radius 3 is 2.27 bits per heavy atom. The number of aryl methyl sites for hydroxylation is 1. The standard InChI is InChI=1S/C24H26ClN5O5S2/c1-17-12-13-26-24(27-17)29-36(32,33)20-9-7-19(8-10-20)28-23(31)18-6-11-21(25)22(16-18)37(34,35)30-14-4-2-3-5-15-30/h6-13,16H,2-5,14-15H2,1H3,(H,28,31)(H,26,27,29). The van der Waals surface area contributed by atoms with Crippen LogP contribution in [0.1, 0.15) is 41.7 Å². The molecular weight excluding hydrogens is 538 g/mol. The van der Waals surface area contributed by atoms with E-state index in [1.165, 1.54) is 53.0 Å². The van der Waals surface area contributed by atoms with E-state index in [1.54, 1.807) is 13.0 Å². The average molecular weight is 564 g/mol. The topological polar surface area (TPSA) is 138 Å². The molecular formula is C24H26ClN5O5S2. The molecule has 0 aliphatic carbocycles. The Morgan fingerprint density at radius 2 is 1.62 bits per heavy atom. The van der Waals surface area contributed by atoms with Gasteiger partial charge in [-0.15, -0.1) is 0 Å². The van der Waals surface area contributed by atoms with Crippen molar-refractivity contribution in [3.05, 3.63) is 71.0 Å². The van der Waals surface area contributed by atoms with Crippen LogP contribution in [0.5, 0.6) is 0 Å². The molecule has 37 heavy (non-hydrogen) atoms. The molecule has 1 amide bonds. The first-order valence-electron chi connectivity index (χ1n) is 11.6. The summed E-state index contributed by atoms with van der Waals surface area (Å²) in [6.45, 7) is 2.54. The fraction of sp³-hybridized carbons (Fsp3) is 0.292. The van der Waals surface area contributed by atoms with Crippen molar-refractivity contribution in [2.24, 2.45) is 0 Å². The van der Waals surface area contributed by atoms with Crippen LogP contribution in [0.15, 0.2) is 64.5 Å². The number of halogens is 1. The first kappa shape index (κ1) is 27.0. The van der Waals surface area contributed by atoms with E-state index >= 15 is 0 Å². The molecule has 1 aliphatic rings. The molecule has 1 aliphatic heterocycles. The van der Waals surface area contributed by atoms with E-state index in [0.29, 0.717) is 24.5 Å². The van der Waals surface area contributed by atoms with Gasteiger partial charge in [-0.2, -0.15) is 4.31 Å². The number of nitrogens with one attached hydrogen (secondary N) is 2. The molecule has 0 bridgehead atoms. The third kappa shape index (κ3) is 6.45. The number of aromatic nitrogens is 2. The number of benzene rings is 2. The Balaban J connectivity index is 1.49. The minimum absolute atomic E-state index is 0.0421. The maximum absolute atomic E-state index is 13.2. The number of amides is 1. The smallest absolute Gasteiger partial charge is 0.264 e. The lowest BCUT2D eigenvalue weighted by Crippen LogP contribution is -2.32. The van der Waals surface area contributed by atoms with Gasteiger partial charge in [0.15, 0.2) is 0 Å². The molecule has 4 rings (SSSR count). The second kappa shape index (κ2) is 11.1. The number of carbonyl (C=O) groups is 1. The summed E-state index contributed by atoms with van der Waals surface area (Å²) < 4.78 is 55.4. The Morgan fingerprint density at radius 1 is 0.946 bits per heavy atom. The summed E-state index contributed by atoms with van der Waals surface area (Å²) in [7, 11) is -7.80. The van der Waals surface area contributed by atoms with Crippen LogP contribution in [-0.4, -0.2) is 50.1 Å². The van der Waals surface area contributed by atoms with Crippen molar-refractivity contribution in [3.8, 4) is 0 Å². The van der Waals surface area contributed by atoms with E-state index in [1.807, 2.05) is 0 Å². The predicted molar refractivity (Wildman–Crippen MR) is 141 cm³/mol. The zero-order valence-corrected chi connectivity index (χ0v) is 22.4. The molecule has 2 aromatic carbocycles. The molecule has 0 saturated carbocycles. The Kier molecular flexibility index (Phi) is 8.12. The van der Waals surface area contributed by atoms with Gasteiger partial charge in [0, 0.05) is 36.2 Å². The van der Waals surface area contributed by atoms with E-state index in [9.17, 15) is 21.6 Å². The van der Waals surface area contributed by atoms with Gasteiger partial charge in [0.2, 0.25) is 16.0 Å². The van der Waals surface area contributed by atoms with E-state index in [-0.39, 0.29) is 26.3 Å². The quantitative estimate of drug-likeness (QED) is 0.442. The molecule has 10 nitrogen and oxygen atoms in total. The van der Waals surface area contributed by atoms with Gasteiger partial charge in [0.1, 0.15) is 4.90 Å². The van der Waals surface area contributed by atoms with Gasteiger partial charge in [-0.25, -0.2) is 31.5 Å². The van der Waals surface area contributed by atoms with Crippen molar-refractivity contribution in [1.82, 2.24) is 14.3 Å². The monoisotopic (exact) mass is 563 g/mol. The van der Waals surface area contributed by atoms with E-state index in [2.05, 4.69) is 20.0 Å². The third-order valence-electron chi connectivity index (χ3n) is 5.82. The summed E-state index contributed by atoms with van der Waals surface area (Å²) >= 11 is 6.22. The van der Waals surface area contributed by atoms with Gasteiger partial charge < -0.3 is 5.32 Å². The lowest BCUT2D eigenvalue weighted by molar-refractivity contribution is 0.102. The highest BCUT2D eigenvalue weighted by Crippen LogP contribution is 2.28. The second-order valence-electron chi connectivity index (χ2n) is 8.57. The third-order valence-corrected chi connectivity index (χ3v) is 9.54. The van der Waals surface area contributed by atoms with Gasteiger partial charge in [-0.3, -0.25) is 4.79 Å². The fourth-order valence-electron chi connectivity index (χ4n) is 3.86. The van der Waals surface area contributed by atoms with Crippen molar-refractivity contribution in [1.29, 1.82) is 0 Å². The maximum Gasteiger partial charge on any atom is 0.264 e.